The zero-order valence-electron chi connectivity index (χ0n) is 13.5. The van der Waals surface area contributed by atoms with E-state index >= 15 is 0 Å². The van der Waals surface area contributed by atoms with Gasteiger partial charge in [0.25, 0.3) is 0 Å². The van der Waals surface area contributed by atoms with Crippen molar-refractivity contribution < 1.29 is 17.9 Å². The summed E-state index contributed by atoms with van der Waals surface area (Å²) in [7, 11) is 1.70. The van der Waals surface area contributed by atoms with E-state index in [2.05, 4.69) is 0 Å². The number of hydrogen-bond acceptors (Lipinski definition) is 4. The highest BCUT2D eigenvalue weighted by Gasteiger charge is 2.34. The number of carbonyl (C=O) groups excluding carboxylic acids is 1. The number of benzene rings is 2. The molecule has 2 aromatic carbocycles. The van der Waals surface area contributed by atoms with Gasteiger partial charge in [0.05, 0.1) is 11.4 Å². The zero-order chi connectivity index (χ0) is 17.9. The van der Waals surface area contributed by atoms with Gasteiger partial charge in [-0.3, -0.25) is 4.79 Å². The Morgan fingerprint density at radius 3 is 2.48 bits per heavy atom. The number of anilines is 1. The molecule has 2 aromatic rings. The molecule has 1 fully saturated rings. The largest absolute Gasteiger partial charge is 0.489 e. The summed E-state index contributed by atoms with van der Waals surface area (Å²) >= 11 is 0. The van der Waals surface area contributed by atoms with Crippen molar-refractivity contribution in [2.24, 2.45) is 5.92 Å². The first-order valence-corrected chi connectivity index (χ1v) is 10.4. The minimum atomic E-state index is -3.62. The minimum absolute atomic E-state index is 0.0996. The Balaban J connectivity index is 1.75. The fourth-order valence-electron chi connectivity index (χ4n) is 2.98. The van der Waals surface area contributed by atoms with Gasteiger partial charge < -0.3 is 9.64 Å². The van der Waals surface area contributed by atoms with E-state index in [0.29, 0.717) is 13.2 Å². The molecule has 1 unspecified atom stereocenters. The van der Waals surface area contributed by atoms with Crippen LogP contribution < -0.4 is 9.64 Å². The molecule has 0 bridgehead atoms. The van der Waals surface area contributed by atoms with Gasteiger partial charge in [0.2, 0.25) is 15.0 Å². The van der Waals surface area contributed by atoms with E-state index in [1.165, 1.54) is 0 Å². The van der Waals surface area contributed by atoms with E-state index in [4.69, 9.17) is 15.4 Å². The first-order chi connectivity index (χ1) is 11.9. The summed E-state index contributed by atoms with van der Waals surface area (Å²) in [5.74, 6) is 0.158. The van der Waals surface area contributed by atoms with E-state index in [9.17, 15) is 13.2 Å². The summed E-state index contributed by atoms with van der Waals surface area (Å²) in [6, 6.07) is 16.9. The Morgan fingerprint density at radius 1 is 1.08 bits per heavy atom. The van der Waals surface area contributed by atoms with Crippen LogP contribution in [0.4, 0.5) is 5.69 Å². The molecular formula is C18H18ClNO4S. The lowest BCUT2D eigenvalue weighted by atomic mass is 10.1. The third-order valence-electron chi connectivity index (χ3n) is 4.06. The van der Waals surface area contributed by atoms with E-state index < -0.39 is 9.05 Å². The highest BCUT2D eigenvalue weighted by molar-refractivity contribution is 8.13. The molecule has 0 N–H and O–H groups in total. The normalized spacial score (nSPS) is 17.7. The van der Waals surface area contributed by atoms with Gasteiger partial charge in [-0.2, -0.15) is 0 Å². The molecule has 0 spiro atoms. The second kappa shape index (κ2) is 7.45. The van der Waals surface area contributed by atoms with Crippen LogP contribution in [0.25, 0.3) is 0 Å². The third-order valence-corrected chi connectivity index (χ3v) is 5.31. The summed E-state index contributed by atoms with van der Waals surface area (Å²) in [6.07, 6.45) is 0.180. The zero-order valence-corrected chi connectivity index (χ0v) is 15.0. The van der Waals surface area contributed by atoms with Crippen molar-refractivity contribution in [1.82, 2.24) is 0 Å². The molecule has 1 aliphatic heterocycles. The Hall–Kier alpha value is -2.05. The van der Waals surface area contributed by atoms with E-state index in [0.717, 1.165) is 17.0 Å². The average molecular weight is 380 g/mol. The molecule has 5 nitrogen and oxygen atoms in total. The highest BCUT2D eigenvalue weighted by Crippen LogP contribution is 2.30. The number of nitrogens with zero attached hydrogens (tertiary/aromatic N) is 1. The SMILES string of the molecule is O=C1CC(CS(=O)(=O)Cl)CN1c1ccccc1COc1ccccc1. The van der Waals surface area contributed by atoms with Crippen molar-refractivity contribution in [3.8, 4) is 5.75 Å². The van der Waals surface area contributed by atoms with Gasteiger partial charge in [-0.25, -0.2) is 8.42 Å². The van der Waals surface area contributed by atoms with Crippen LogP contribution >= 0.6 is 10.7 Å². The fourth-order valence-corrected chi connectivity index (χ4v) is 4.30. The molecule has 3 rings (SSSR count). The number of hydrogen-bond donors (Lipinski definition) is 0. The second-order valence-corrected chi connectivity index (χ2v) is 8.83. The topological polar surface area (TPSA) is 63.7 Å². The van der Waals surface area contributed by atoms with E-state index in [1.54, 1.807) is 4.90 Å². The Morgan fingerprint density at radius 2 is 1.76 bits per heavy atom. The molecule has 0 aromatic heterocycles. The molecular weight excluding hydrogens is 362 g/mol. The van der Waals surface area contributed by atoms with Crippen molar-refractivity contribution in [2.45, 2.75) is 13.0 Å². The second-order valence-electron chi connectivity index (χ2n) is 6.01. The molecule has 25 heavy (non-hydrogen) atoms. The first-order valence-electron chi connectivity index (χ1n) is 7.91. The van der Waals surface area contributed by atoms with Crippen LogP contribution in [0.15, 0.2) is 54.6 Å². The molecule has 1 atom stereocenters. The number of rotatable bonds is 6. The molecule has 1 aliphatic rings. The lowest BCUT2D eigenvalue weighted by Crippen LogP contribution is -2.26. The predicted octanol–water partition coefficient (Wildman–Crippen LogP) is 3.19. The molecule has 1 amide bonds. The average Bonchev–Trinajstić information content (AvgIpc) is 2.92. The third kappa shape index (κ3) is 4.74. The highest BCUT2D eigenvalue weighted by atomic mass is 35.7. The van der Waals surface area contributed by atoms with E-state index in [1.807, 2.05) is 54.6 Å². The van der Waals surface area contributed by atoms with Crippen molar-refractivity contribution >= 4 is 31.3 Å². The van der Waals surface area contributed by atoms with Gasteiger partial charge in [-0.1, -0.05) is 36.4 Å². The van der Waals surface area contributed by atoms with Gasteiger partial charge in [0, 0.05) is 35.1 Å². The van der Waals surface area contributed by atoms with Crippen LogP contribution in [-0.2, 0) is 20.5 Å². The minimum Gasteiger partial charge on any atom is -0.489 e. The standard InChI is InChI=1S/C18H18ClNO4S/c19-25(22,23)13-14-10-18(21)20(11-14)17-9-5-4-6-15(17)12-24-16-7-2-1-3-8-16/h1-9,14H,10-13H2. The maximum Gasteiger partial charge on any atom is 0.232 e. The predicted molar refractivity (Wildman–Crippen MR) is 97.3 cm³/mol. The number of halogens is 1. The number of para-hydroxylation sites is 2. The van der Waals surface area contributed by atoms with Crippen LogP contribution in [0, 0.1) is 5.92 Å². The van der Waals surface area contributed by atoms with Crippen LogP contribution in [0.3, 0.4) is 0 Å². The Bertz CT molecular complexity index is 854. The lowest BCUT2D eigenvalue weighted by molar-refractivity contribution is -0.117. The van der Waals surface area contributed by atoms with Gasteiger partial charge in [0.1, 0.15) is 12.4 Å². The molecule has 1 heterocycles. The van der Waals surface area contributed by atoms with E-state index in [-0.39, 0.29) is 24.0 Å². The molecule has 132 valence electrons. The van der Waals surface area contributed by atoms with Crippen LogP contribution in [0.1, 0.15) is 12.0 Å². The quantitative estimate of drug-likeness (QED) is 0.723. The molecule has 0 saturated carbocycles. The fraction of sp³-hybridized carbons (Fsp3) is 0.278. The van der Waals surface area contributed by atoms with Crippen LogP contribution in [0.5, 0.6) is 5.75 Å². The maximum atomic E-state index is 12.3. The number of amides is 1. The van der Waals surface area contributed by atoms with Gasteiger partial charge in [-0.15, -0.1) is 0 Å². The van der Waals surface area contributed by atoms with Crippen molar-refractivity contribution in [3.05, 3.63) is 60.2 Å². The molecule has 0 radical (unpaired) electrons. The summed E-state index contributed by atoms with van der Waals surface area (Å²) in [5, 5.41) is 0. The van der Waals surface area contributed by atoms with Gasteiger partial charge >= 0.3 is 0 Å². The molecule has 1 saturated heterocycles. The van der Waals surface area contributed by atoms with Crippen molar-refractivity contribution in [2.75, 3.05) is 17.2 Å². The Labute approximate surface area is 151 Å². The monoisotopic (exact) mass is 379 g/mol. The van der Waals surface area contributed by atoms with Gasteiger partial charge in [0.15, 0.2) is 0 Å². The summed E-state index contributed by atoms with van der Waals surface area (Å²) < 4.78 is 28.3. The summed E-state index contributed by atoms with van der Waals surface area (Å²) in [6.45, 7) is 0.662. The maximum absolute atomic E-state index is 12.3. The van der Waals surface area contributed by atoms with Crippen LogP contribution in [-0.4, -0.2) is 26.6 Å². The number of ether oxygens (including phenoxy) is 1. The first kappa shape index (κ1) is 17.8. The van der Waals surface area contributed by atoms with Crippen LogP contribution in [0.2, 0.25) is 0 Å². The smallest absolute Gasteiger partial charge is 0.232 e. The number of carbonyl (C=O) groups is 1. The lowest BCUT2D eigenvalue weighted by Gasteiger charge is -2.20. The Kier molecular flexibility index (Phi) is 5.30. The molecule has 7 heteroatoms. The van der Waals surface area contributed by atoms with Crippen molar-refractivity contribution in [3.63, 3.8) is 0 Å². The summed E-state index contributed by atoms with van der Waals surface area (Å²) in [5.41, 5.74) is 1.62. The van der Waals surface area contributed by atoms with Crippen molar-refractivity contribution in [1.29, 1.82) is 0 Å². The summed E-state index contributed by atoms with van der Waals surface area (Å²) in [4.78, 5) is 14.0. The molecule has 0 aliphatic carbocycles. The van der Waals surface area contributed by atoms with Gasteiger partial charge in [-0.05, 0) is 18.2 Å².